The lowest BCUT2D eigenvalue weighted by Crippen LogP contribution is -2.31. The molecular formula is C14H17N7O. The van der Waals surface area contributed by atoms with Crippen LogP contribution in [0.5, 0.6) is 0 Å². The van der Waals surface area contributed by atoms with Crippen molar-refractivity contribution in [2.45, 2.75) is 18.9 Å². The Morgan fingerprint density at radius 1 is 1.23 bits per heavy atom. The van der Waals surface area contributed by atoms with Crippen LogP contribution in [0.2, 0.25) is 0 Å². The van der Waals surface area contributed by atoms with E-state index in [1.807, 2.05) is 24.3 Å². The summed E-state index contributed by atoms with van der Waals surface area (Å²) >= 11 is 0. The summed E-state index contributed by atoms with van der Waals surface area (Å²) in [6, 6.07) is 7.90. The Labute approximate surface area is 127 Å². The molecule has 3 aromatic heterocycles. The number of furan rings is 1. The first-order valence-electron chi connectivity index (χ1n) is 7.47. The largest absolute Gasteiger partial charge is 0.468 e. The first-order chi connectivity index (χ1) is 10.9. The lowest BCUT2D eigenvalue weighted by molar-refractivity contribution is 0.225. The molecule has 0 bridgehead atoms. The van der Waals surface area contributed by atoms with Gasteiger partial charge in [-0.25, -0.2) is 0 Å². The number of anilines is 1. The minimum atomic E-state index is 0.212. The predicted octanol–water partition coefficient (Wildman–Crippen LogP) is 1.36. The first kappa shape index (κ1) is 13.2. The van der Waals surface area contributed by atoms with Crippen LogP contribution >= 0.6 is 0 Å². The van der Waals surface area contributed by atoms with E-state index < -0.39 is 0 Å². The number of hydrogen-bond acceptors (Lipinski definition) is 7. The molecule has 1 saturated heterocycles. The zero-order chi connectivity index (χ0) is 14.8. The topological polar surface area (TPSA) is 84.4 Å². The number of tetrazole rings is 1. The number of nitrogens with one attached hydrogen (secondary N) is 1. The third-order valence-corrected chi connectivity index (χ3v) is 4.00. The summed E-state index contributed by atoms with van der Waals surface area (Å²) in [5, 5.41) is 18.9. The zero-order valence-corrected chi connectivity index (χ0v) is 12.1. The summed E-state index contributed by atoms with van der Waals surface area (Å²) < 4.78 is 7.03. The molecule has 0 spiro atoms. The molecule has 1 aliphatic rings. The van der Waals surface area contributed by atoms with Crippen LogP contribution in [-0.4, -0.2) is 49.8 Å². The monoisotopic (exact) mass is 299 g/mol. The van der Waals surface area contributed by atoms with Crippen LogP contribution in [0.25, 0.3) is 5.65 Å². The Morgan fingerprint density at radius 3 is 2.95 bits per heavy atom. The van der Waals surface area contributed by atoms with Gasteiger partial charge < -0.3 is 9.73 Å². The molecule has 114 valence electrons. The van der Waals surface area contributed by atoms with Crippen LogP contribution in [0, 0.1) is 0 Å². The molecular weight excluding hydrogens is 282 g/mol. The van der Waals surface area contributed by atoms with Gasteiger partial charge in [0, 0.05) is 6.54 Å². The lowest BCUT2D eigenvalue weighted by Gasteiger charge is -2.26. The van der Waals surface area contributed by atoms with Gasteiger partial charge in [-0.15, -0.1) is 14.8 Å². The second-order valence-corrected chi connectivity index (χ2v) is 5.40. The molecule has 1 atom stereocenters. The highest BCUT2D eigenvalue weighted by Crippen LogP contribution is 2.25. The SMILES string of the molecule is c1coc([C@@H](CNc2ccc3nnnn3n2)N2CCCC2)c1. The second-order valence-electron chi connectivity index (χ2n) is 5.40. The van der Waals surface area contributed by atoms with E-state index in [1.165, 1.54) is 17.5 Å². The van der Waals surface area contributed by atoms with Gasteiger partial charge in [0.25, 0.3) is 0 Å². The quantitative estimate of drug-likeness (QED) is 0.761. The standard InChI is InChI=1S/C14H17N7O/c1-2-8-20(7-1)11(12-4-3-9-22-12)10-15-13-5-6-14-16-18-19-21(14)17-13/h3-6,9,11H,1-2,7-8,10H2,(H,15,17)/t11-/m1/s1. The Morgan fingerprint density at radius 2 is 2.14 bits per heavy atom. The van der Waals surface area contributed by atoms with Crippen molar-refractivity contribution in [2.24, 2.45) is 0 Å². The van der Waals surface area contributed by atoms with Crippen molar-refractivity contribution in [3.63, 3.8) is 0 Å². The highest BCUT2D eigenvalue weighted by atomic mass is 16.3. The molecule has 0 aromatic carbocycles. The van der Waals surface area contributed by atoms with E-state index in [9.17, 15) is 0 Å². The van der Waals surface area contributed by atoms with Crippen molar-refractivity contribution >= 4 is 11.5 Å². The molecule has 3 aromatic rings. The summed E-state index contributed by atoms with van der Waals surface area (Å²) in [5.74, 6) is 1.73. The maximum Gasteiger partial charge on any atom is 0.200 e. The van der Waals surface area contributed by atoms with E-state index in [0.717, 1.165) is 31.2 Å². The van der Waals surface area contributed by atoms with Crippen molar-refractivity contribution < 1.29 is 4.42 Å². The van der Waals surface area contributed by atoms with Crippen LogP contribution in [0.1, 0.15) is 24.6 Å². The van der Waals surface area contributed by atoms with Crippen LogP contribution in [-0.2, 0) is 0 Å². The van der Waals surface area contributed by atoms with Crippen molar-refractivity contribution in [3.05, 3.63) is 36.3 Å². The van der Waals surface area contributed by atoms with Crippen molar-refractivity contribution in [3.8, 4) is 0 Å². The smallest absolute Gasteiger partial charge is 0.200 e. The molecule has 1 aliphatic heterocycles. The maximum atomic E-state index is 5.61. The average molecular weight is 299 g/mol. The number of hydrogen-bond donors (Lipinski definition) is 1. The molecule has 0 amide bonds. The molecule has 0 unspecified atom stereocenters. The Bertz CT molecular complexity index is 733. The number of aromatic nitrogens is 5. The van der Waals surface area contributed by atoms with Crippen LogP contribution in [0.3, 0.4) is 0 Å². The summed E-state index contributed by atoms with van der Waals surface area (Å²) in [5.41, 5.74) is 0.632. The molecule has 0 saturated carbocycles. The number of likely N-dealkylation sites (tertiary alicyclic amines) is 1. The third-order valence-electron chi connectivity index (χ3n) is 4.00. The van der Waals surface area contributed by atoms with E-state index in [1.54, 1.807) is 6.26 Å². The molecule has 1 N–H and O–H groups in total. The van der Waals surface area contributed by atoms with E-state index in [0.29, 0.717) is 5.65 Å². The summed E-state index contributed by atoms with van der Waals surface area (Å²) in [7, 11) is 0. The number of rotatable bonds is 5. The lowest BCUT2D eigenvalue weighted by atomic mass is 10.2. The fraction of sp³-hybridized carbons (Fsp3) is 0.429. The van der Waals surface area contributed by atoms with Gasteiger partial charge in [0.05, 0.1) is 12.3 Å². The van der Waals surface area contributed by atoms with E-state index in [2.05, 4.69) is 30.8 Å². The van der Waals surface area contributed by atoms with Crippen molar-refractivity contribution in [1.29, 1.82) is 0 Å². The fourth-order valence-corrected chi connectivity index (χ4v) is 2.89. The third kappa shape index (κ3) is 2.52. The highest BCUT2D eigenvalue weighted by molar-refractivity contribution is 5.42. The van der Waals surface area contributed by atoms with E-state index in [-0.39, 0.29) is 6.04 Å². The molecule has 8 heteroatoms. The average Bonchev–Trinajstić information content (AvgIpc) is 3.30. The molecule has 1 fully saturated rings. The Hall–Kier alpha value is -2.48. The molecule has 4 rings (SSSR count). The van der Waals surface area contributed by atoms with Crippen LogP contribution in [0.4, 0.5) is 5.82 Å². The van der Waals surface area contributed by atoms with Gasteiger partial charge in [0.1, 0.15) is 11.6 Å². The van der Waals surface area contributed by atoms with Crippen molar-refractivity contribution in [2.75, 3.05) is 25.0 Å². The first-order valence-corrected chi connectivity index (χ1v) is 7.47. The van der Waals surface area contributed by atoms with Gasteiger partial charge in [0.15, 0.2) is 5.65 Å². The molecule has 8 nitrogen and oxygen atoms in total. The molecule has 22 heavy (non-hydrogen) atoms. The maximum absolute atomic E-state index is 5.61. The minimum Gasteiger partial charge on any atom is -0.468 e. The summed E-state index contributed by atoms with van der Waals surface area (Å²) in [6.45, 7) is 2.94. The van der Waals surface area contributed by atoms with Gasteiger partial charge >= 0.3 is 0 Å². The van der Waals surface area contributed by atoms with Crippen LogP contribution < -0.4 is 5.32 Å². The fourth-order valence-electron chi connectivity index (χ4n) is 2.89. The van der Waals surface area contributed by atoms with Gasteiger partial charge in [-0.1, -0.05) is 0 Å². The molecule has 0 radical (unpaired) electrons. The number of fused-ring (bicyclic) bond motifs is 1. The minimum absolute atomic E-state index is 0.212. The van der Waals surface area contributed by atoms with Gasteiger partial charge in [-0.3, -0.25) is 4.90 Å². The second kappa shape index (κ2) is 5.72. The highest BCUT2D eigenvalue weighted by Gasteiger charge is 2.25. The predicted molar refractivity (Wildman–Crippen MR) is 79.3 cm³/mol. The van der Waals surface area contributed by atoms with Crippen LogP contribution in [0.15, 0.2) is 34.9 Å². The Balaban J connectivity index is 1.51. The van der Waals surface area contributed by atoms with E-state index in [4.69, 9.17) is 4.42 Å². The van der Waals surface area contributed by atoms with Gasteiger partial charge in [-0.2, -0.15) is 0 Å². The van der Waals surface area contributed by atoms with Crippen molar-refractivity contribution in [1.82, 2.24) is 30.2 Å². The van der Waals surface area contributed by atoms with Gasteiger partial charge in [0.2, 0.25) is 0 Å². The van der Waals surface area contributed by atoms with Gasteiger partial charge in [-0.05, 0) is 60.6 Å². The zero-order valence-electron chi connectivity index (χ0n) is 12.1. The Kier molecular flexibility index (Phi) is 3.43. The molecule has 4 heterocycles. The number of nitrogens with zero attached hydrogens (tertiary/aromatic N) is 6. The normalized spacial score (nSPS) is 17.1. The molecule has 0 aliphatic carbocycles. The summed E-state index contributed by atoms with van der Waals surface area (Å²) in [4.78, 5) is 2.45. The summed E-state index contributed by atoms with van der Waals surface area (Å²) in [6.07, 6.45) is 4.21. The van der Waals surface area contributed by atoms with E-state index >= 15 is 0 Å².